The van der Waals surface area contributed by atoms with Gasteiger partial charge in [0.2, 0.25) is 0 Å². The average Bonchev–Trinajstić information content (AvgIpc) is 3.00. The van der Waals surface area contributed by atoms with E-state index in [1.54, 1.807) is 13.8 Å². The number of ether oxygens (including phenoxy) is 3. The van der Waals surface area contributed by atoms with Crippen LogP contribution in [0.4, 0.5) is 0 Å². The van der Waals surface area contributed by atoms with Gasteiger partial charge in [-0.2, -0.15) is 0 Å². The van der Waals surface area contributed by atoms with E-state index >= 15 is 0 Å². The summed E-state index contributed by atoms with van der Waals surface area (Å²) < 4.78 is 14.0. The van der Waals surface area contributed by atoms with Gasteiger partial charge < -0.3 is 19.1 Å². The molecule has 8 heteroatoms. The number of nitrogens with zero attached hydrogens (tertiary/aromatic N) is 1. The van der Waals surface area contributed by atoms with Gasteiger partial charge in [-0.15, -0.1) is 0 Å². The molecule has 0 spiro atoms. The molecule has 0 fully saturated rings. The Bertz CT molecular complexity index is 1030. The Morgan fingerprint density at radius 1 is 0.652 bits per heavy atom. The highest BCUT2D eigenvalue weighted by molar-refractivity contribution is 5.94. The largest absolute Gasteiger partial charge is 0.462 e. The van der Waals surface area contributed by atoms with Gasteiger partial charge in [-0.3, -0.25) is 4.79 Å². The van der Waals surface area contributed by atoms with E-state index in [-0.39, 0.29) is 17.5 Å². The molecule has 1 aromatic carbocycles. The van der Waals surface area contributed by atoms with Crippen LogP contribution in [-0.2, 0) is 33.4 Å². The van der Waals surface area contributed by atoms with Crippen molar-refractivity contribution in [1.29, 1.82) is 0 Å². The normalized spacial score (nSPS) is 9.48. The van der Waals surface area contributed by atoms with Crippen molar-refractivity contribution in [1.82, 2.24) is 4.90 Å². The van der Waals surface area contributed by atoms with Gasteiger partial charge in [0.1, 0.15) is 6.61 Å². The summed E-state index contributed by atoms with van der Waals surface area (Å²) in [5.74, 6) is -1.84. The fourth-order valence-electron chi connectivity index (χ4n) is 3.13. The third kappa shape index (κ3) is 36.4. The molecule has 0 saturated heterocycles. The van der Waals surface area contributed by atoms with E-state index in [1.807, 2.05) is 55.4 Å². The van der Waals surface area contributed by atoms with Gasteiger partial charge in [-0.05, 0) is 46.9 Å². The summed E-state index contributed by atoms with van der Waals surface area (Å²) >= 11 is 0. The standard InChI is InChI=1S/C16H30O2.C8H15NO2.C8H8.C6H8O3/c1-4-5-6-7-8-9-10-11-12-13-14-18-16(17)15(2)3;1-7(2)8(10)11-6-5-9(3)4;1-2-8-6-4-3-5-7-8;1-4(2)6(8)9-5(3)7/h2,4-14H2,1,3H3;1,5-6H2,2-4H3;2-7H,1H2;1H2,2-3H3. The molecule has 1 rings (SSSR count). The molecule has 0 saturated carbocycles. The minimum Gasteiger partial charge on any atom is -0.462 e. The lowest BCUT2D eigenvalue weighted by atomic mass is 10.1. The van der Waals surface area contributed by atoms with Crippen LogP contribution in [0.5, 0.6) is 0 Å². The summed E-state index contributed by atoms with van der Waals surface area (Å²) in [5, 5.41) is 0. The number of likely N-dealkylation sites (N-methyl/N-ethyl adjacent to an activating group) is 1. The molecule has 0 N–H and O–H groups in total. The second kappa shape index (κ2) is 32.6. The van der Waals surface area contributed by atoms with Crippen molar-refractivity contribution in [3.63, 3.8) is 0 Å². The zero-order valence-corrected chi connectivity index (χ0v) is 29.8. The quantitative estimate of drug-likeness (QED) is 0.0515. The number of carbonyl (C=O) groups excluding carboxylic acids is 4. The zero-order chi connectivity index (χ0) is 35.8. The third-order valence-corrected chi connectivity index (χ3v) is 5.82. The predicted octanol–water partition coefficient (Wildman–Crippen LogP) is 8.68. The molecule has 0 heterocycles. The summed E-state index contributed by atoms with van der Waals surface area (Å²) in [6.45, 7) is 23.9. The van der Waals surface area contributed by atoms with Gasteiger partial charge in [0, 0.05) is 30.2 Å². The highest BCUT2D eigenvalue weighted by Gasteiger charge is 2.05. The SMILES string of the molecule is C=C(C)C(=O)OC(C)=O.C=C(C)C(=O)OCCCCCCCCCCCC.C=C(C)C(=O)OCCN(C)C.C=Cc1ccccc1. The Morgan fingerprint density at radius 3 is 1.39 bits per heavy atom. The maximum Gasteiger partial charge on any atom is 0.340 e. The first-order valence-corrected chi connectivity index (χ1v) is 16.0. The van der Waals surface area contributed by atoms with Crippen molar-refractivity contribution in [3.8, 4) is 0 Å². The van der Waals surface area contributed by atoms with E-state index in [2.05, 4.69) is 38.0 Å². The highest BCUT2D eigenvalue weighted by atomic mass is 16.6. The van der Waals surface area contributed by atoms with Crippen LogP contribution in [0, 0.1) is 0 Å². The minimum absolute atomic E-state index is 0.227. The molecule has 0 aliphatic rings. The predicted molar refractivity (Wildman–Crippen MR) is 190 cm³/mol. The number of benzene rings is 1. The van der Waals surface area contributed by atoms with E-state index in [1.165, 1.54) is 77.2 Å². The zero-order valence-electron chi connectivity index (χ0n) is 29.8. The lowest BCUT2D eigenvalue weighted by molar-refractivity contribution is -0.155. The van der Waals surface area contributed by atoms with Gasteiger partial charge in [-0.25, -0.2) is 14.4 Å². The number of hydrogen-bond acceptors (Lipinski definition) is 8. The second-order valence-corrected chi connectivity index (χ2v) is 11.1. The van der Waals surface area contributed by atoms with Crippen LogP contribution in [0.2, 0.25) is 0 Å². The molecular formula is C38H61NO7. The Kier molecular flexibility index (Phi) is 33.1. The summed E-state index contributed by atoms with van der Waals surface area (Å²) in [6.07, 6.45) is 14.8. The first kappa shape index (κ1) is 46.6. The second-order valence-electron chi connectivity index (χ2n) is 11.1. The Labute approximate surface area is 279 Å². The Morgan fingerprint density at radius 2 is 1.07 bits per heavy atom. The fraction of sp³-hybridized carbons (Fsp3) is 0.526. The highest BCUT2D eigenvalue weighted by Crippen LogP contribution is 2.10. The third-order valence-electron chi connectivity index (χ3n) is 5.82. The van der Waals surface area contributed by atoms with Crippen molar-refractivity contribution in [3.05, 3.63) is 78.9 Å². The number of carbonyl (C=O) groups is 4. The summed E-state index contributed by atoms with van der Waals surface area (Å²) in [5.41, 5.74) is 2.34. The first-order valence-electron chi connectivity index (χ1n) is 16.0. The van der Waals surface area contributed by atoms with Crippen LogP contribution in [0.25, 0.3) is 6.08 Å². The molecule has 8 nitrogen and oxygen atoms in total. The molecule has 0 unspecified atom stereocenters. The van der Waals surface area contributed by atoms with E-state index in [0.717, 1.165) is 13.0 Å². The number of rotatable bonds is 18. The van der Waals surface area contributed by atoms with Crippen LogP contribution in [0.15, 0.2) is 73.4 Å². The van der Waals surface area contributed by atoms with E-state index in [4.69, 9.17) is 9.47 Å². The molecule has 0 aliphatic heterocycles. The molecule has 0 atom stereocenters. The summed E-state index contributed by atoms with van der Waals surface area (Å²) in [7, 11) is 3.85. The average molecular weight is 644 g/mol. The fourth-order valence-corrected chi connectivity index (χ4v) is 3.13. The van der Waals surface area contributed by atoms with E-state index in [9.17, 15) is 19.2 Å². The van der Waals surface area contributed by atoms with Gasteiger partial charge in [0.05, 0.1) is 6.61 Å². The maximum absolute atomic E-state index is 11.1. The van der Waals surface area contributed by atoms with Gasteiger partial charge in [-0.1, -0.05) is 127 Å². The smallest absolute Gasteiger partial charge is 0.340 e. The van der Waals surface area contributed by atoms with E-state index < -0.39 is 11.9 Å². The van der Waals surface area contributed by atoms with Crippen LogP contribution in [-0.4, -0.2) is 62.6 Å². The van der Waals surface area contributed by atoms with Crippen molar-refractivity contribution >= 4 is 30.0 Å². The number of unbranched alkanes of at least 4 members (excludes halogenated alkanes) is 9. The van der Waals surface area contributed by atoms with Gasteiger partial charge in [0.25, 0.3) is 0 Å². The van der Waals surface area contributed by atoms with Crippen molar-refractivity contribution < 1.29 is 33.4 Å². The van der Waals surface area contributed by atoms with Gasteiger partial charge in [0.15, 0.2) is 0 Å². The van der Waals surface area contributed by atoms with Crippen molar-refractivity contribution in [2.24, 2.45) is 0 Å². The number of esters is 4. The Balaban J connectivity index is -0.000000567. The topological polar surface area (TPSA) is 99.2 Å². The van der Waals surface area contributed by atoms with Gasteiger partial charge >= 0.3 is 23.9 Å². The lowest BCUT2D eigenvalue weighted by Crippen LogP contribution is -2.20. The molecule has 260 valence electrons. The number of hydrogen-bond donors (Lipinski definition) is 0. The molecule has 46 heavy (non-hydrogen) atoms. The Hall–Kier alpha value is -3.78. The van der Waals surface area contributed by atoms with Crippen LogP contribution < -0.4 is 0 Å². The molecule has 0 aliphatic carbocycles. The van der Waals surface area contributed by atoms with E-state index in [0.29, 0.717) is 24.4 Å². The molecule has 1 aromatic rings. The van der Waals surface area contributed by atoms with Crippen LogP contribution >= 0.6 is 0 Å². The minimum atomic E-state index is -0.664. The summed E-state index contributed by atoms with van der Waals surface area (Å²) in [6, 6.07) is 10.0. The van der Waals surface area contributed by atoms with Crippen LogP contribution in [0.3, 0.4) is 0 Å². The first-order chi connectivity index (χ1) is 21.7. The monoisotopic (exact) mass is 643 g/mol. The molecule has 0 amide bonds. The lowest BCUT2D eigenvalue weighted by Gasteiger charge is -2.09. The molecule has 0 bridgehead atoms. The summed E-state index contributed by atoms with van der Waals surface area (Å²) in [4.78, 5) is 44.3. The molecular weight excluding hydrogens is 582 g/mol. The van der Waals surface area contributed by atoms with Crippen molar-refractivity contribution in [2.45, 2.75) is 98.8 Å². The molecule has 0 radical (unpaired) electrons. The van der Waals surface area contributed by atoms with Crippen molar-refractivity contribution in [2.75, 3.05) is 33.9 Å². The molecule has 0 aromatic heterocycles. The maximum atomic E-state index is 11.1. The van der Waals surface area contributed by atoms with Crippen LogP contribution in [0.1, 0.15) is 104 Å².